The van der Waals surface area contributed by atoms with Crippen LogP contribution in [0.1, 0.15) is 11.1 Å². The van der Waals surface area contributed by atoms with Gasteiger partial charge in [0.05, 0.1) is 5.02 Å². The van der Waals surface area contributed by atoms with Gasteiger partial charge in [0, 0.05) is 12.3 Å². The van der Waals surface area contributed by atoms with E-state index in [1.807, 2.05) is 12.1 Å². The van der Waals surface area contributed by atoms with Crippen LogP contribution < -0.4 is 14.8 Å². The van der Waals surface area contributed by atoms with Crippen LogP contribution in [0.15, 0.2) is 40.7 Å². The van der Waals surface area contributed by atoms with Gasteiger partial charge < -0.3 is 14.8 Å². The molecule has 9 heteroatoms. The van der Waals surface area contributed by atoms with Crippen LogP contribution in [0, 0.1) is 5.82 Å². The minimum atomic E-state index is -0.244. The monoisotopic (exact) mass is 409 g/mol. The van der Waals surface area contributed by atoms with Crippen molar-refractivity contribution in [1.82, 2.24) is 10.2 Å². The highest BCUT2D eigenvalue weighted by Crippen LogP contribution is 2.41. The van der Waals surface area contributed by atoms with Crippen LogP contribution in [0.5, 0.6) is 11.5 Å². The number of benzene rings is 2. The third kappa shape index (κ3) is 4.03. The van der Waals surface area contributed by atoms with Crippen LogP contribution in [0.2, 0.25) is 5.02 Å². The molecule has 5 nitrogen and oxygen atoms in total. The highest BCUT2D eigenvalue weighted by Gasteiger charge is 2.18. The lowest BCUT2D eigenvalue weighted by Crippen LogP contribution is -1.98. The van der Waals surface area contributed by atoms with Gasteiger partial charge in [-0.05, 0) is 35.4 Å². The Bertz CT molecular complexity index is 921. The maximum Gasteiger partial charge on any atom is 0.231 e. The second kappa shape index (κ2) is 7.69. The number of hydrogen-bond acceptors (Lipinski definition) is 7. The number of nitrogens with zero attached hydrogens (tertiary/aromatic N) is 2. The second-order valence-corrected chi connectivity index (χ2v) is 8.06. The molecule has 2 aromatic carbocycles. The predicted molar refractivity (Wildman–Crippen MR) is 101 cm³/mol. The lowest BCUT2D eigenvalue weighted by Gasteiger charge is -2.03. The first-order valence-corrected chi connectivity index (χ1v) is 9.88. The van der Waals surface area contributed by atoms with E-state index in [2.05, 4.69) is 15.5 Å². The van der Waals surface area contributed by atoms with Gasteiger partial charge in [0.2, 0.25) is 11.9 Å². The highest BCUT2D eigenvalue weighted by atomic mass is 35.5. The van der Waals surface area contributed by atoms with E-state index >= 15 is 0 Å². The lowest BCUT2D eigenvalue weighted by molar-refractivity contribution is 0.174. The molecule has 1 aromatic heterocycles. The number of aromatic nitrogens is 2. The fourth-order valence-electron chi connectivity index (χ4n) is 2.37. The van der Waals surface area contributed by atoms with Crippen molar-refractivity contribution in [1.29, 1.82) is 0 Å². The summed E-state index contributed by atoms with van der Waals surface area (Å²) in [6.45, 7) is 0.766. The first-order chi connectivity index (χ1) is 12.7. The molecular formula is C17H13ClFN3O2S2. The SMILES string of the molecule is Fc1ccc(CNc2nnc(SCc3cc(Cl)c4c(c3)OCO4)s2)cc1. The topological polar surface area (TPSA) is 56.3 Å². The summed E-state index contributed by atoms with van der Waals surface area (Å²) in [6, 6.07) is 10.2. The van der Waals surface area contributed by atoms with Gasteiger partial charge in [0.1, 0.15) is 5.82 Å². The second-order valence-electron chi connectivity index (χ2n) is 5.45. The van der Waals surface area contributed by atoms with Crippen LogP contribution in [0.3, 0.4) is 0 Å². The molecule has 4 rings (SSSR count). The van der Waals surface area contributed by atoms with Crippen LogP contribution in [-0.4, -0.2) is 17.0 Å². The minimum absolute atomic E-state index is 0.200. The van der Waals surface area contributed by atoms with E-state index in [-0.39, 0.29) is 12.6 Å². The molecule has 0 saturated heterocycles. The van der Waals surface area contributed by atoms with E-state index in [4.69, 9.17) is 21.1 Å². The van der Waals surface area contributed by atoms with E-state index in [1.54, 1.807) is 23.9 Å². The van der Waals surface area contributed by atoms with Gasteiger partial charge in [0.15, 0.2) is 15.8 Å². The van der Waals surface area contributed by atoms with Crippen molar-refractivity contribution in [2.75, 3.05) is 12.1 Å². The largest absolute Gasteiger partial charge is 0.454 e. The number of anilines is 1. The Kier molecular flexibility index (Phi) is 5.14. The number of nitrogens with one attached hydrogen (secondary N) is 1. The Morgan fingerprint density at radius 1 is 1.15 bits per heavy atom. The molecule has 2 heterocycles. The summed E-state index contributed by atoms with van der Waals surface area (Å²) in [5, 5.41) is 12.8. The molecule has 1 aliphatic rings. The molecule has 1 N–H and O–H groups in total. The third-order valence-electron chi connectivity index (χ3n) is 3.61. The molecule has 0 spiro atoms. The van der Waals surface area contributed by atoms with Crippen LogP contribution in [0.4, 0.5) is 9.52 Å². The van der Waals surface area contributed by atoms with Crippen molar-refractivity contribution in [3.63, 3.8) is 0 Å². The van der Waals surface area contributed by atoms with Crippen molar-refractivity contribution in [2.24, 2.45) is 0 Å². The zero-order valence-electron chi connectivity index (χ0n) is 13.4. The van der Waals surface area contributed by atoms with E-state index in [0.29, 0.717) is 28.8 Å². The van der Waals surface area contributed by atoms with Gasteiger partial charge in [-0.2, -0.15) is 0 Å². The summed E-state index contributed by atoms with van der Waals surface area (Å²) in [4.78, 5) is 0. The summed E-state index contributed by atoms with van der Waals surface area (Å²) >= 11 is 9.24. The molecule has 3 aromatic rings. The minimum Gasteiger partial charge on any atom is -0.454 e. The summed E-state index contributed by atoms with van der Waals surface area (Å²) in [6.07, 6.45) is 0. The Morgan fingerprint density at radius 2 is 2.00 bits per heavy atom. The fraction of sp³-hybridized carbons (Fsp3) is 0.176. The van der Waals surface area contributed by atoms with E-state index in [9.17, 15) is 4.39 Å². The van der Waals surface area contributed by atoms with Gasteiger partial charge in [-0.1, -0.05) is 46.8 Å². The number of hydrogen-bond donors (Lipinski definition) is 1. The average molecular weight is 410 g/mol. The van der Waals surface area contributed by atoms with Crippen molar-refractivity contribution in [2.45, 2.75) is 16.6 Å². The average Bonchev–Trinajstić information content (AvgIpc) is 3.29. The van der Waals surface area contributed by atoms with E-state index in [0.717, 1.165) is 20.6 Å². The first-order valence-electron chi connectivity index (χ1n) is 7.70. The van der Waals surface area contributed by atoms with Crippen molar-refractivity contribution in [3.05, 3.63) is 58.4 Å². The molecule has 0 bridgehead atoms. The number of halogens is 2. The van der Waals surface area contributed by atoms with Gasteiger partial charge in [-0.3, -0.25) is 0 Å². The fourth-order valence-corrected chi connectivity index (χ4v) is 4.33. The Morgan fingerprint density at radius 3 is 2.85 bits per heavy atom. The standard InChI is InChI=1S/C17H13ClFN3O2S2/c18-13-5-11(6-14-15(13)24-9-23-14)8-25-17-22-21-16(26-17)20-7-10-1-3-12(19)4-2-10/h1-6H,7-9H2,(H,20,21). The molecule has 134 valence electrons. The molecule has 1 aliphatic heterocycles. The van der Waals surface area contributed by atoms with Gasteiger partial charge in [-0.25, -0.2) is 4.39 Å². The van der Waals surface area contributed by atoms with Gasteiger partial charge in [0.25, 0.3) is 0 Å². The molecule has 0 radical (unpaired) electrons. The van der Waals surface area contributed by atoms with Gasteiger partial charge in [-0.15, -0.1) is 10.2 Å². The van der Waals surface area contributed by atoms with E-state index in [1.165, 1.54) is 23.5 Å². The lowest BCUT2D eigenvalue weighted by atomic mass is 10.2. The zero-order chi connectivity index (χ0) is 17.9. The third-order valence-corrected chi connectivity index (χ3v) is 5.98. The summed E-state index contributed by atoms with van der Waals surface area (Å²) < 4.78 is 24.4. The van der Waals surface area contributed by atoms with Crippen molar-refractivity contribution < 1.29 is 13.9 Å². The first kappa shape index (κ1) is 17.4. The number of ether oxygens (including phenoxy) is 2. The quantitative estimate of drug-likeness (QED) is 0.580. The smallest absolute Gasteiger partial charge is 0.231 e. The molecule has 26 heavy (non-hydrogen) atoms. The molecular weight excluding hydrogens is 397 g/mol. The zero-order valence-corrected chi connectivity index (χ0v) is 15.8. The Balaban J connectivity index is 1.34. The Hall–Kier alpha value is -2.03. The molecule has 0 aliphatic carbocycles. The van der Waals surface area contributed by atoms with Gasteiger partial charge >= 0.3 is 0 Å². The molecule has 0 saturated carbocycles. The van der Waals surface area contributed by atoms with E-state index < -0.39 is 0 Å². The maximum atomic E-state index is 12.9. The molecule has 0 unspecified atom stereocenters. The number of fused-ring (bicyclic) bond motifs is 1. The summed E-state index contributed by atoms with van der Waals surface area (Å²) in [5.74, 6) is 1.73. The normalized spacial score (nSPS) is 12.4. The maximum absolute atomic E-state index is 12.9. The summed E-state index contributed by atoms with van der Waals surface area (Å²) in [7, 11) is 0. The van der Waals surface area contributed by atoms with Crippen molar-refractivity contribution >= 4 is 39.8 Å². The summed E-state index contributed by atoms with van der Waals surface area (Å²) in [5.41, 5.74) is 2.01. The van der Waals surface area contributed by atoms with Crippen LogP contribution >= 0.6 is 34.7 Å². The number of rotatable bonds is 6. The predicted octanol–water partition coefficient (Wildman–Crippen LogP) is 4.96. The molecule has 0 amide bonds. The molecule has 0 atom stereocenters. The Labute approximate surface area is 162 Å². The molecule has 0 fully saturated rings. The van der Waals surface area contributed by atoms with Crippen LogP contribution in [-0.2, 0) is 12.3 Å². The van der Waals surface area contributed by atoms with Crippen LogP contribution in [0.25, 0.3) is 0 Å². The number of thioether (sulfide) groups is 1. The highest BCUT2D eigenvalue weighted by molar-refractivity contribution is 8.00. The van der Waals surface area contributed by atoms with Crippen molar-refractivity contribution in [3.8, 4) is 11.5 Å².